The van der Waals surface area contributed by atoms with Gasteiger partial charge in [-0.1, -0.05) is 26.8 Å². The maximum Gasteiger partial charge on any atom is 0.412 e. The zero-order valence-corrected chi connectivity index (χ0v) is 7.00. The molecule has 0 nitrogen and oxygen atoms in total. The zero-order chi connectivity index (χ0) is 9.07. The molecule has 0 radical (unpaired) electrons. The van der Waals surface area contributed by atoms with E-state index < -0.39 is 11.7 Å². The predicted molar refractivity (Wildman–Crippen MR) is 39.3 cm³/mol. The minimum Gasteiger partial charge on any atom is -0.166 e. The van der Waals surface area contributed by atoms with Crippen LogP contribution in [0, 0.1) is 5.92 Å². The first-order valence-electron chi connectivity index (χ1n) is 3.65. The van der Waals surface area contributed by atoms with E-state index in [4.69, 9.17) is 0 Å². The predicted octanol–water partition coefficient (Wildman–Crippen LogP) is 3.54. The third-order valence-electron chi connectivity index (χ3n) is 1.28. The van der Waals surface area contributed by atoms with Gasteiger partial charge in [0.2, 0.25) is 0 Å². The molecular formula is C8H13F3. The monoisotopic (exact) mass is 166 g/mol. The molecule has 11 heavy (non-hydrogen) atoms. The summed E-state index contributed by atoms with van der Waals surface area (Å²) in [7, 11) is 0. The van der Waals surface area contributed by atoms with E-state index in [1.54, 1.807) is 13.8 Å². The molecule has 0 atom stereocenters. The molecule has 0 saturated carbocycles. The molecule has 3 heteroatoms. The Morgan fingerprint density at radius 2 is 1.82 bits per heavy atom. The van der Waals surface area contributed by atoms with Crippen LogP contribution in [0.25, 0.3) is 0 Å². The van der Waals surface area contributed by atoms with Crippen LogP contribution in [-0.2, 0) is 0 Å². The Labute approximate surface area is 65.1 Å². The first kappa shape index (κ1) is 10.5. The molecule has 0 aliphatic heterocycles. The number of hydrogen-bond donors (Lipinski definition) is 0. The third kappa shape index (κ3) is 4.06. The standard InChI is InChI=1S/C8H13F3/c1-4-7(5-6(2)3)8(9,10)11/h5-6H,4H2,1-3H3/b7-5+. The van der Waals surface area contributed by atoms with E-state index in [1.165, 1.54) is 13.0 Å². The second kappa shape index (κ2) is 3.79. The van der Waals surface area contributed by atoms with Crippen molar-refractivity contribution < 1.29 is 13.2 Å². The lowest BCUT2D eigenvalue weighted by molar-refractivity contribution is -0.0940. The highest BCUT2D eigenvalue weighted by Gasteiger charge is 2.31. The topological polar surface area (TPSA) is 0 Å². The summed E-state index contributed by atoms with van der Waals surface area (Å²) in [4.78, 5) is 0. The van der Waals surface area contributed by atoms with Crippen molar-refractivity contribution >= 4 is 0 Å². The Balaban J connectivity index is 4.41. The minimum atomic E-state index is -4.14. The first-order valence-corrected chi connectivity index (χ1v) is 3.65. The van der Waals surface area contributed by atoms with Gasteiger partial charge in [0.05, 0.1) is 0 Å². The van der Waals surface area contributed by atoms with Gasteiger partial charge >= 0.3 is 6.18 Å². The Bertz CT molecular complexity index is 142. The Kier molecular flexibility index (Phi) is 3.63. The molecular weight excluding hydrogens is 153 g/mol. The second-order valence-electron chi connectivity index (χ2n) is 2.79. The van der Waals surface area contributed by atoms with Crippen LogP contribution in [0.5, 0.6) is 0 Å². The zero-order valence-electron chi connectivity index (χ0n) is 7.00. The molecule has 0 N–H and O–H groups in total. The van der Waals surface area contributed by atoms with Gasteiger partial charge < -0.3 is 0 Å². The summed E-state index contributed by atoms with van der Waals surface area (Å²) >= 11 is 0. The van der Waals surface area contributed by atoms with Crippen molar-refractivity contribution in [2.45, 2.75) is 33.4 Å². The lowest BCUT2D eigenvalue weighted by Gasteiger charge is -2.10. The number of hydrogen-bond acceptors (Lipinski definition) is 0. The number of allylic oxidation sites excluding steroid dienone is 2. The van der Waals surface area contributed by atoms with Crippen LogP contribution in [-0.4, -0.2) is 6.18 Å². The number of halogens is 3. The molecule has 0 heterocycles. The van der Waals surface area contributed by atoms with Gasteiger partial charge in [-0.25, -0.2) is 0 Å². The molecule has 0 aromatic heterocycles. The van der Waals surface area contributed by atoms with E-state index in [-0.39, 0.29) is 12.3 Å². The van der Waals surface area contributed by atoms with E-state index in [2.05, 4.69) is 0 Å². The highest BCUT2D eigenvalue weighted by atomic mass is 19.4. The van der Waals surface area contributed by atoms with E-state index in [9.17, 15) is 13.2 Å². The molecule has 0 fully saturated rings. The van der Waals surface area contributed by atoms with Gasteiger partial charge in [0.25, 0.3) is 0 Å². The lowest BCUT2D eigenvalue weighted by atomic mass is 10.1. The summed E-state index contributed by atoms with van der Waals surface area (Å²) in [6.45, 7) is 4.99. The number of alkyl halides is 3. The maximum absolute atomic E-state index is 12.0. The molecule has 0 aliphatic carbocycles. The summed E-state index contributed by atoms with van der Waals surface area (Å²) in [5.74, 6) is -0.0356. The van der Waals surface area contributed by atoms with E-state index >= 15 is 0 Å². The van der Waals surface area contributed by atoms with Crippen molar-refractivity contribution in [2.75, 3.05) is 0 Å². The lowest BCUT2D eigenvalue weighted by Crippen LogP contribution is -2.11. The quantitative estimate of drug-likeness (QED) is 0.550. The van der Waals surface area contributed by atoms with Crippen molar-refractivity contribution in [3.8, 4) is 0 Å². The van der Waals surface area contributed by atoms with Gasteiger partial charge in [-0.3, -0.25) is 0 Å². The summed E-state index contributed by atoms with van der Waals surface area (Å²) in [6.07, 6.45) is -2.82. The van der Waals surface area contributed by atoms with Gasteiger partial charge in [0, 0.05) is 5.57 Å². The van der Waals surface area contributed by atoms with Gasteiger partial charge in [0.1, 0.15) is 0 Å². The van der Waals surface area contributed by atoms with E-state index in [0.29, 0.717) is 0 Å². The molecule has 0 aromatic rings. The molecule has 0 spiro atoms. The van der Waals surface area contributed by atoms with Crippen molar-refractivity contribution in [3.63, 3.8) is 0 Å². The summed E-state index contributed by atoms with van der Waals surface area (Å²) in [5.41, 5.74) is -0.424. The molecule has 0 rings (SSSR count). The van der Waals surface area contributed by atoms with Crippen LogP contribution in [0.3, 0.4) is 0 Å². The largest absolute Gasteiger partial charge is 0.412 e. The normalized spacial score (nSPS) is 14.3. The Morgan fingerprint density at radius 3 is 1.91 bits per heavy atom. The van der Waals surface area contributed by atoms with Crippen LogP contribution in [0.15, 0.2) is 11.6 Å². The third-order valence-corrected chi connectivity index (χ3v) is 1.28. The van der Waals surface area contributed by atoms with Crippen molar-refractivity contribution in [2.24, 2.45) is 5.92 Å². The van der Waals surface area contributed by atoms with E-state index in [0.717, 1.165) is 0 Å². The van der Waals surface area contributed by atoms with Crippen molar-refractivity contribution in [1.82, 2.24) is 0 Å². The van der Waals surface area contributed by atoms with Crippen LogP contribution in [0.2, 0.25) is 0 Å². The van der Waals surface area contributed by atoms with Crippen LogP contribution >= 0.6 is 0 Å². The van der Waals surface area contributed by atoms with Gasteiger partial charge in [-0.2, -0.15) is 13.2 Å². The van der Waals surface area contributed by atoms with Gasteiger partial charge in [-0.05, 0) is 12.3 Å². The fraction of sp³-hybridized carbons (Fsp3) is 0.750. The maximum atomic E-state index is 12.0. The molecule has 0 aliphatic rings. The molecule has 0 saturated heterocycles. The van der Waals surface area contributed by atoms with Gasteiger partial charge in [0.15, 0.2) is 0 Å². The highest BCUT2D eigenvalue weighted by Crippen LogP contribution is 2.28. The highest BCUT2D eigenvalue weighted by molar-refractivity contribution is 5.08. The van der Waals surface area contributed by atoms with Crippen LogP contribution in [0.4, 0.5) is 13.2 Å². The second-order valence-corrected chi connectivity index (χ2v) is 2.79. The SMILES string of the molecule is CC/C(=C\C(C)C)C(F)(F)F. The summed E-state index contributed by atoms with van der Waals surface area (Å²) < 4.78 is 36.0. The fourth-order valence-electron chi connectivity index (χ4n) is 0.815. The smallest absolute Gasteiger partial charge is 0.166 e. The summed E-state index contributed by atoms with van der Waals surface area (Å²) in [6, 6.07) is 0. The molecule has 66 valence electrons. The summed E-state index contributed by atoms with van der Waals surface area (Å²) in [5, 5.41) is 0. The van der Waals surface area contributed by atoms with E-state index in [1.807, 2.05) is 0 Å². The molecule has 0 aromatic carbocycles. The fourth-order valence-corrected chi connectivity index (χ4v) is 0.815. The Morgan fingerprint density at radius 1 is 1.36 bits per heavy atom. The minimum absolute atomic E-state index is 0.0356. The molecule has 0 unspecified atom stereocenters. The average Bonchev–Trinajstić information content (AvgIpc) is 1.79. The Hall–Kier alpha value is -0.470. The average molecular weight is 166 g/mol. The molecule has 0 bridgehead atoms. The van der Waals surface area contributed by atoms with Crippen LogP contribution < -0.4 is 0 Å². The van der Waals surface area contributed by atoms with Gasteiger partial charge in [-0.15, -0.1) is 0 Å². The number of rotatable bonds is 2. The first-order chi connectivity index (χ1) is 4.88. The van der Waals surface area contributed by atoms with Crippen molar-refractivity contribution in [3.05, 3.63) is 11.6 Å². The van der Waals surface area contributed by atoms with Crippen LogP contribution in [0.1, 0.15) is 27.2 Å². The molecule has 0 amide bonds. The van der Waals surface area contributed by atoms with Crippen molar-refractivity contribution in [1.29, 1.82) is 0 Å².